The summed E-state index contributed by atoms with van der Waals surface area (Å²) in [6.45, 7) is 3.57. The Labute approximate surface area is 163 Å². The van der Waals surface area contributed by atoms with Gasteiger partial charge in [-0.25, -0.2) is 9.18 Å². The molecule has 0 unspecified atom stereocenters. The van der Waals surface area contributed by atoms with E-state index in [0.717, 1.165) is 35.7 Å². The van der Waals surface area contributed by atoms with E-state index in [2.05, 4.69) is 5.32 Å². The van der Waals surface area contributed by atoms with Crippen molar-refractivity contribution in [1.29, 1.82) is 0 Å². The highest BCUT2D eigenvalue weighted by atomic mass is 35.5. The summed E-state index contributed by atoms with van der Waals surface area (Å²) in [5.41, 5.74) is 2.88. The van der Waals surface area contributed by atoms with Gasteiger partial charge >= 0.3 is 5.97 Å². The second-order valence-electron chi connectivity index (χ2n) is 5.78. The second kappa shape index (κ2) is 9.88. The van der Waals surface area contributed by atoms with E-state index in [-0.39, 0.29) is 10.6 Å². The summed E-state index contributed by atoms with van der Waals surface area (Å²) < 4.78 is 18.6. The number of nitrogens with one attached hydrogen (secondary N) is 1. The standard InChI is InChI=1S/C21H21ClFNO3/c1-3-14-7-5-8-15(4-2)21(14)24-19(25)13-27-20(26)12-11-16-17(22)9-6-10-18(16)23/h5-12H,3-4,13H2,1-2H3,(H,24,25). The maximum Gasteiger partial charge on any atom is 0.331 e. The van der Waals surface area contributed by atoms with Gasteiger partial charge in [0.25, 0.3) is 5.91 Å². The van der Waals surface area contributed by atoms with Gasteiger partial charge in [0, 0.05) is 17.3 Å². The molecule has 0 aliphatic heterocycles. The minimum absolute atomic E-state index is 0.0880. The van der Waals surface area contributed by atoms with E-state index in [1.807, 2.05) is 32.0 Å². The van der Waals surface area contributed by atoms with Crippen molar-refractivity contribution in [3.63, 3.8) is 0 Å². The monoisotopic (exact) mass is 389 g/mol. The van der Waals surface area contributed by atoms with Gasteiger partial charge in [0.05, 0.1) is 5.02 Å². The van der Waals surface area contributed by atoms with Gasteiger partial charge in [0.15, 0.2) is 6.61 Å². The Morgan fingerprint density at radius 2 is 1.74 bits per heavy atom. The molecule has 2 aromatic rings. The summed E-state index contributed by atoms with van der Waals surface area (Å²) in [6, 6.07) is 10.1. The molecule has 0 spiro atoms. The van der Waals surface area contributed by atoms with Crippen LogP contribution in [0.25, 0.3) is 6.08 Å². The molecule has 142 valence electrons. The van der Waals surface area contributed by atoms with Crippen LogP contribution in [0.4, 0.5) is 10.1 Å². The van der Waals surface area contributed by atoms with Crippen molar-refractivity contribution in [2.45, 2.75) is 26.7 Å². The smallest absolute Gasteiger partial charge is 0.331 e. The number of para-hydroxylation sites is 1. The molecule has 0 fully saturated rings. The van der Waals surface area contributed by atoms with E-state index in [0.29, 0.717) is 0 Å². The lowest BCUT2D eigenvalue weighted by atomic mass is 10.0. The van der Waals surface area contributed by atoms with Crippen molar-refractivity contribution < 1.29 is 18.7 Å². The number of hydrogen-bond acceptors (Lipinski definition) is 3. The molecular formula is C21H21ClFNO3. The summed E-state index contributed by atoms with van der Waals surface area (Å²) in [6.07, 6.45) is 3.80. The molecule has 2 rings (SSSR count). The number of esters is 1. The lowest BCUT2D eigenvalue weighted by Gasteiger charge is -2.14. The SMILES string of the molecule is CCc1cccc(CC)c1NC(=O)COC(=O)C=Cc1c(F)cccc1Cl. The van der Waals surface area contributed by atoms with Gasteiger partial charge in [-0.1, -0.05) is 49.7 Å². The average Bonchev–Trinajstić information content (AvgIpc) is 2.66. The van der Waals surface area contributed by atoms with Gasteiger partial charge in [0.2, 0.25) is 0 Å². The minimum Gasteiger partial charge on any atom is -0.452 e. The van der Waals surface area contributed by atoms with E-state index in [9.17, 15) is 14.0 Å². The molecule has 0 saturated heterocycles. The predicted molar refractivity (Wildman–Crippen MR) is 105 cm³/mol. The first-order valence-electron chi connectivity index (χ1n) is 8.65. The Hall–Kier alpha value is -2.66. The number of aryl methyl sites for hydroxylation is 2. The van der Waals surface area contributed by atoms with E-state index in [1.165, 1.54) is 24.3 Å². The third-order valence-electron chi connectivity index (χ3n) is 3.99. The molecule has 0 aliphatic carbocycles. The minimum atomic E-state index is -0.760. The van der Waals surface area contributed by atoms with Crippen molar-refractivity contribution in [2.24, 2.45) is 0 Å². The van der Waals surface area contributed by atoms with Crippen molar-refractivity contribution in [3.8, 4) is 0 Å². The van der Waals surface area contributed by atoms with Crippen LogP contribution in [-0.2, 0) is 27.2 Å². The second-order valence-corrected chi connectivity index (χ2v) is 6.19. The van der Waals surface area contributed by atoms with Crippen molar-refractivity contribution >= 4 is 35.2 Å². The molecule has 0 aromatic heterocycles. The zero-order valence-electron chi connectivity index (χ0n) is 15.2. The Balaban J connectivity index is 1.96. The molecule has 1 amide bonds. The third-order valence-corrected chi connectivity index (χ3v) is 4.32. The molecule has 0 radical (unpaired) electrons. The third kappa shape index (κ3) is 5.66. The van der Waals surface area contributed by atoms with Crippen molar-refractivity contribution in [3.05, 3.63) is 70.0 Å². The fourth-order valence-electron chi connectivity index (χ4n) is 2.58. The lowest BCUT2D eigenvalue weighted by molar-refractivity contribution is -0.142. The molecule has 2 aromatic carbocycles. The highest BCUT2D eigenvalue weighted by Gasteiger charge is 2.12. The Kier molecular flexibility index (Phi) is 7.55. The Morgan fingerprint density at radius 3 is 2.33 bits per heavy atom. The van der Waals surface area contributed by atoms with Crippen LogP contribution in [0, 0.1) is 5.82 Å². The normalized spacial score (nSPS) is 10.8. The van der Waals surface area contributed by atoms with E-state index in [4.69, 9.17) is 16.3 Å². The highest BCUT2D eigenvalue weighted by Crippen LogP contribution is 2.22. The number of rotatable bonds is 7. The summed E-state index contributed by atoms with van der Waals surface area (Å²) in [5, 5.41) is 2.99. The number of ether oxygens (including phenoxy) is 1. The van der Waals surface area contributed by atoms with Crippen LogP contribution in [0.5, 0.6) is 0 Å². The van der Waals surface area contributed by atoms with E-state index in [1.54, 1.807) is 0 Å². The van der Waals surface area contributed by atoms with E-state index >= 15 is 0 Å². The van der Waals surface area contributed by atoms with Gasteiger partial charge in [-0.3, -0.25) is 4.79 Å². The van der Waals surface area contributed by atoms with Crippen LogP contribution in [0.15, 0.2) is 42.5 Å². The maximum absolute atomic E-state index is 13.6. The van der Waals surface area contributed by atoms with Crippen LogP contribution in [0.3, 0.4) is 0 Å². The fraction of sp³-hybridized carbons (Fsp3) is 0.238. The Morgan fingerprint density at radius 1 is 1.11 bits per heavy atom. The number of carbonyl (C=O) groups is 2. The molecule has 27 heavy (non-hydrogen) atoms. The van der Waals surface area contributed by atoms with Crippen LogP contribution in [0.1, 0.15) is 30.5 Å². The molecule has 0 saturated carbocycles. The zero-order chi connectivity index (χ0) is 19.8. The Bertz CT molecular complexity index is 822. The summed E-state index contributed by atoms with van der Waals surface area (Å²) >= 11 is 5.88. The van der Waals surface area contributed by atoms with Crippen molar-refractivity contribution in [1.82, 2.24) is 0 Å². The first-order chi connectivity index (χ1) is 13.0. The molecule has 0 atom stereocenters. The summed E-state index contributed by atoms with van der Waals surface area (Å²) in [4.78, 5) is 23.9. The van der Waals surface area contributed by atoms with Gasteiger partial charge < -0.3 is 10.1 Å². The van der Waals surface area contributed by atoms with Gasteiger partial charge in [0.1, 0.15) is 5.82 Å². The fourth-order valence-corrected chi connectivity index (χ4v) is 2.81. The molecule has 0 bridgehead atoms. The molecule has 6 heteroatoms. The number of anilines is 1. The summed E-state index contributed by atoms with van der Waals surface area (Å²) in [7, 11) is 0. The average molecular weight is 390 g/mol. The molecular weight excluding hydrogens is 369 g/mol. The van der Waals surface area contributed by atoms with Gasteiger partial charge in [-0.2, -0.15) is 0 Å². The number of benzene rings is 2. The van der Waals surface area contributed by atoms with Crippen molar-refractivity contribution in [2.75, 3.05) is 11.9 Å². The number of hydrogen-bond donors (Lipinski definition) is 1. The number of halogens is 2. The van der Waals surface area contributed by atoms with Gasteiger partial charge in [-0.05, 0) is 42.2 Å². The van der Waals surface area contributed by atoms with Crippen LogP contribution >= 0.6 is 11.6 Å². The molecule has 0 aliphatic rings. The molecule has 0 heterocycles. The largest absolute Gasteiger partial charge is 0.452 e. The lowest BCUT2D eigenvalue weighted by Crippen LogP contribution is -2.21. The number of amides is 1. The zero-order valence-corrected chi connectivity index (χ0v) is 16.0. The van der Waals surface area contributed by atoms with Crippen LogP contribution in [0.2, 0.25) is 5.02 Å². The first kappa shape index (κ1) is 20.6. The topological polar surface area (TPSA) is 55.4 Å². The predicted octanol–water partition coefficient (Wildman–Crippen LogP) is 4.80. The van der Waals surface area contributed by atoms with Crippen LogP contribution < -0.4 is 5.32 Å². The van der Waals surface area contributed by atoms with E-state index < -0.39 is 24.3 Å². The number of carbonyl (C=O) groups excluding carboxylic acids is 2. The highest BCUT2D eigenvalue weighted by molar-refractivity contribution is 6.32. The molecule has 4 nitrogen and oxygen atoms in total. The molecule has 1 N–H and O–H groups in total. The quantitative estimate of drug-likeness (QED) is 0.546. The van der Waals surface area contributed by atoms with Gasteiger partial charge in [-0.15, -0.1) is 0 Å². The van der Waals surface area contributed by atoms with Crippen LogP contribution in [-0.4, -0.2) is 18.5 Å². The first-order valence-corrected chi connectivity index (χ1v) is 9.03. The summed E-state index contributed by atoms with van der Waals surface area (Å²) in [5.74, 6) is -1.74. The maximum atomic E-state index is 13.6.